The Morgan fingerprint density at radius 3 is 2.11 bits per heavy atom. The molecule has 2 fully saturated rings. The molecule has 0 atom stereocenters. The van der Waals surface area contributed by atoms with E-state index in [2.05, 4.69) is 9.80 Å². The van der Waals surface area contributed by atoms with E-state index in [9.17, 15) is 34.0 Å². The molecule has 4 heterocycles. The van der Waals surface area contributed by atoms with E-state index in [4.69, 9.17) is 5.10 Å². The third-order valence-corrected chi connectivity index (χ3v) is 9.92. The number of nitrogens with zero attached hydrogens (tertiary/aromatic N) is 9. The SMILES string of the molecule is CCn1cc(C(=O)O)c(=O)c2cc(F)c(N3CCN(Cn4nc(CN5CCN(c6ccc([N+](=O)[O-])cc6)CC5)n(-c5ccc(F)cc5)c4=O)CC3)cc21. The molecule has 2 aliphatic heterocycles. The van der Waals surface area contributed by atoms with Gasteiger partial charge in [-0.05, 0) is 55.5 Å². The summed E-state index contributed by atoms with van der Waals surface area (Å²) >= 11 is 0. The van der Waals surface area contributed by atoms with E-state index in [1.165, 1.54) is 51.8 Å². The highest BCUT2D eigenvalue weighted by Gasteiger charge is 2.26. The number of non-ortho nitro benzene ring substituents is 1. The number of aromatic carboxylic acids is 1. The van der Waals surface area contributed by atoms with Crippen molar-refractivity contribution in [2.24, 2.45) is 0 Å². The molecule has 0 saturated carbocycles. The van der Waals surface area contributed by atoms with Crippen LogP contribution < -0.4 is 20.9 Å². The fourth-order valence-corrected chi connectivity index (χ4v) is 7.02. The minimum Gasteiger partial charge on any atom is -0.477 e. The average molecular weight is 730 g/mol. The first-order valence-electron chi connectivity index (χ1n) is 17.2. The molecule has 0 aliphatic carbocycles. The number of halogens is 2. The van der Waals surface area contributed by atoms with Crippen LogP contribution in [0.3, 0.4) is 0 Å². The summed E-state index contributed by atoms with van der Waals surface area (Å²) in [6.45, 7) is 7.18. The molecule has 0 unspecified atom stereocenters. The predicted molar refractivity (Wildman–Crippen MR) is 193 cm³/mol. The maximum absolute atomic E-state index is 15.5. The number of piperazine rings is 2. The maximum Gasteiger partial charge on any atom is 0.351 e. The first kappa shape index (κ1) is 35.5. The van der Waals surface area contributed by atoms with E-state index >= 15 is 4.39 Å². The number of carboxylic acids is 1. The van der Waals surface area contributed by atoms with Crippen molar-refractivity contribution in [2.45, 2.75) is 26.7 Å². The van der Waals surface area contributed by atoms with E-state index in [1.807, 2.05) is 16.7 Å². The molecule has 53 heavy (non-hydrogen) atoms. The number of carbonyl (C=O) groups is 1. The van der Waals surface area contributed by atoms with Gasteiger partial charge in [0.25, 0.3) is 5.69 Å². The lowest BCUT2D eigenvalue weighted by molar-refractivity contribution is -0.384. The predicted octanol–water partition coefficient (Wildman–Crippen LogP) is 3.36. The number of benzene rings is 3. The number of aryl methyl sites for hydroxylation is 1. The van der Waals surface area contributed by atoms with Gasteiger partial charge in [0, 0.05) is 88.3 Å². The molecule has 0 spiro atoms. The minimum atomic E-state index is -1.37. The van der Waals surface area contributed by atoms with Gasteiger partial charge in [-0.3, -0.25) is 24.7 Å². The van der Waals surface area contributed by atoms with Gasteiger partial charge in [-0.1, -0.05) is 0 Å². The maximum atomic E-state index is 15.5. The molecule has 1 N–H and O–H groups in total. The van der Waals surface area contributed by atoms with Gasteiger partial charge in [0.15, 0.2) is 5.82 Å². The Hall–Kier alpha value is -5.94. The molecule has 15 nitrogen and oxygen atoms in total. The van der Waals surface area contributed by atoms with Crippen LogP contribution in [0.25, 0.3) is 16.6 Å². The van der Waals surface area contributed by atoms with Gasteiger partial charge in [-0.25, -0.2) is 22.9 Å². The van der Waals surface area contributed by atoms with Crippen LogP contribution in [-0.2, 0) is 19.8 Å². The number of carboxylic acid groups (broad SMARTS) is 1. The Balaban J connectivity index is 1.06. The van der Waals surface area contributed by atoms with E-state index in [-0.39, 0.29) is 23.4 Å². The van der Waals surface area contributed by atoms with Crippen LogP contribution in [0.2, 0.25) is 0 Å². The molecule has 3 aromatic carbocycles. The summed E-state index contributed by atoms with van der Waals surface area (Å²) in [5.74, 6) is -1.93. The molecule has 2 aromatic heterocycles. The highest BCUT2D eigenvalue weighted by atomic mass is 19.1. The third-order valence-electron chi connectivity index (χ3n) is 9.92. The molecular formula is C36H37F2N9O6. The Morgan fingerprint density at radius 2 is 1.49 bits per heavy atom. The molecule has 7 rings (SSSR count). The van der Waals surface area contributed by atoms with Crippen LogP contribution >= 0.6 is 0 Å². The molecule has 2 aliphatic rings. The van der Waals surface area contributed by atoms with Crippen LogP contribution in [0, 0.1) is 21.7 Å². The summed E-state index contributed by atoms with van der Waals surface area (Å²) < 4.78 is 33.8. The van der Waals surface area contributed by atoms with Crippen LogP contribution in [0.4, 0.5) is 25.8 Å². The van der Waals surface area contributed by atoms with Crippen molar-refractivity contribution in [3.63, 3.8) is 0 Å². The monoisotopic (exact) mass is 729 g/mol. The number of nitro groups is 1. The Bertz CT molecular complexity index is 2290. The molecule has 5 aromatic rings. The van der Waals surface area contributed by atoms with E-state index in [1.54, 1.807) is 22.8 Å². The van der Waals surface area contributed by atoms with Gasteiger partial charge < -0.3 is 19.5 Å². The lowest BCUT2D eigenvalue weighted by Crippen LogP contribution is -2.48. The fourth-order valence-electron chi connectivity index (χ4n) is 7.02. The Morgan fingerprint density at radius 1 is 0.868 bits per heavy atom. The standard InChI is InChI=1S/C36H37F2N9O6/c1-2-42-21-29(35(49)50)34(48)28-19-30(38)32(20-31(28)42)44-17-13-41(14-18-44)23-45-36(51)46(26-5-3-24(37)4-6-26)33(39-45)22-40-11-15-43(16-12-40)25-7-9-27(10-8-25)47(52)53/h3-10,19-21H,2,11-18,22-23H2,1H3,(H,49,50). The van der Waals surface area contributed by atoms with Crippen molar-refractivity contribution >= 4 is 33.9 Å². The summed E-state index contributed by atoms with van der Waals surface area (Å²) in [5, 5.41) is 25.3. The minimum absolute atomic E-state index is 0.00456. The Labute approximate surface area is 301 Å². The van der Waals surface area contributed by atoms with E-state index < -0.39 is 33.5 Å². The first-order valence-corrected chi connectivity index (χ1v) is 17.2. The smallest absolute Gasteiger partial charge is 0.351 e. The lowest BCUT2D eigenvalue weighted by atomic mass is 10.1. The normalized spacial score (nSPS) is 15.7. The Kier molecular flexibility index (Phi) is 9.76. The third kappa shape index (κ3) is 7.12. The number of aromatic nitrogens is 4. The summed E-state index contributed by atoms with van der Waals surface area (Å²) in [6.07, 6.45) is 1.28. The number of fused-ring (bicyclic) bond motifs is 1. The quantitative estimate of drug-likeness (QED) is 0.166. The number of hydrogen-bond donors (Lipinski definition) is 1. The second kappa shape index (κ2) is 14.6. The average Bonchev–Trinajstić information content (AvgIpc) is 3.45. The van der Waals surface area contributed by atoms with E-state index in [0.717, 1.165) is 11.8 Å². The number of hydrogen-bond acceptors (Lipinski definition) is 10. The van der Waals surface area contributed by atoms with Gasteiger partial charge in [-0.15, -0.1) is 0 Å². The van der Waals surface area contributed by atoms with Crippen molar-refractivity contribution in [3.05, 3.63) is 121 Å². The summed E-state index contributed by atoms with van der Waals surface area (Å²) in [7, 11) is 0. The summed E-state index contributed by atoms with van der Waals surface area (Å²) in [5.41, 5.74) is 0.629. The zero-order valence-electron chi connectivity index (χ0n) is 28.9. The molecule has 0 bridgehead atoms. The largest absolute Gasteiger partial charge is 0.477 e. The second-order valence-corrected chi connectivity index (χ2v) is 13.1. The highest BCUT2D eigenvalue weighted by Crippen LogP contribution is 2.27. The van der Waals surface area contributed by atoms with Crippen molar-refractivity contribution < 1.29 is 23.6 Å². The van der Waals surface area contributed by atoms with Crippen molar-refractivity contribution in [2.75, 3.05) is 62.2 Å². The molecule has 276 valence electrons. The van der Waals surface area contributed by atoms with Gasteiger partial charge >= 0.3 is 11.7 Å². The van der Waals surface area contributed by atoms with Crippen molar-refractivity contribution in [1.29, 1.82) is 0 Å². The van der Waals surface area contributed by atoms with Gasteiger partial charge in [0.05, 0.1) is 35.0 Å². The van der Waals surface area contributed by atoms with Crippen LogP contribution in [0.5, 0.6) is 0 Å². The zero-order chi connectivity index (χ0) is 37.4. The first-order chi connectivity index (χ1) is 25.5. The number of rotatable bonds is 10. The summed E-state index contributed by atoms with van der Waals surface area (Å²) in [6, 6.07) is 14.8. The van der Waals surface area contributed by atoms with E-state index in [0.29, 0.717) is 88.2 Å². The number of pyridine rings is 1. The van der Waals surface area contributed by atoms with Gasteiger partial charge in [-0.2, -0.15) is 9.78 Å². The zero-order valence-corrected chi connectivity index (χ0v) is 28.9. The van der Waals surface area contributed by atoms with Gasteiger partial charge in [0.1, 0.15) is 17.2 Å². The highest BCUT2D eigenvalue weighted by molar-refractivity contribution is 5.93. The van der Waals surface area contributed by atoms with Crippen LogP contribution in [0.1, 0.15) is 23.1 Å². The van der Waals surface area contributed by atoms with Gasteiger partial charge in [0.2, 0.25) is 5.43 Å². The van der Waals surface area contributed by atoms with Crippen molar-refractivity contribution in [3.8, 4) is 5.69 Å². The van der Waals surface area contributed by atoms with Crippen molar-refractivity contribution in [1.82, 2.24) is 28.7 Å². The van der Waals surface area contributed by atoms with Crippen LogP contribution in [-0.4, -0.2) is 97.1 Å². The number of nitro benzene ring substituents is 1. The summed E-state index contributed by atoms with van der Waals surface area (Å²) in [4.78, 5) is 57.1. The second-order valence-electron chi connectivity index (χ2n) is 13.1. The molecule has 0 radical (unpaired) electrons. The molecule has 17 heteroatoms. The lowest BCUT2D eigenvalue weighted by Gasteiger charge is -2.36. The number of anilines is 2. The topological polar surface area (TPSA) is 155 Å². The molecular weight excluding hydrogens is 692 g/mol. The fraction of sp³-hybridized carbons (Fsp3) is 0.333. The molecule has 2 saturated heterocycles. The van der Waals surface area contributed by atoms with Crippen LogP contribution in [0.15, 0.2) is 76.4 Å². The molecule has 0 amide bonds.